The second-order valence-corrected chi connectivity index (χ2v) is 5.83. The number of halogens is 2. The highest BCUT2D eigenvalue weighted by molar-refractivity contribution is 6.30. The lowest BCUT2D eigenvalue weighted by Crippen LogP contribution is -2.14. The van der Waals surface area contributed by atoms with Crippen LogP contribution >= 0.6 is 11.6 Å². The van der Waals surface area contributed by atoms with Crippen molar-refractivity contribution in [2.45, 2.75) is 6.92 Å². The molecule has 3 rings (SSSR count). The minimum absolute atomic E-state index is 0.114. The number of nitrogens with zero attached hydrogens (tertiary/aromatic N) is 1. The summed E-state index contributed by atoms with van der Waals surface area (Å²) in [5, 5.41) is 2.83. The molecule has 5 nitrogen and oxygen atoms in total. The molecule has 3 aromatic rings. The van der Waals surface area contributed by atoms with Crippen molar-refractivity contribution in [1.82, 2.24) is 9.97 Å². The lowest BCUT2D eigenvalue weighted by Gasteiger charge is -2.08. The first kappa shape index (κ1) is 16.9. The largest absolute Gasteiger partial charge is 0.322 e. The molecular weight excluding hydrogens is 345 g/mol. The third kappa shape index (κ3) is 3.92. The summed E-state index contributed by atoms with van der Waals surface area (Å²) in [5.41, 5.74) is 1.27. The molecule has 0 unspecified atom stereocenters. The smallest absolute Gasteiger partial charge is 0.258 e. The number of amides is 1. The standard InChI is InChI=1S/C18H13ClFN3O2/c1-10-7-16(24)23-17(21-10)11-3-2-4-13(8-11)22-18(25)14-6-5-12(19)9-15(14)20/h2-9H,1H3,(H,22,25)(H,21,23,24). The molecule has 0 saturated heterocycles. The number of H-pyrrole nitrogens is 1. The quantitative estimate of drug-likeness (QED) is 0.748. The molecule has 2 N–H and O–H groups in total. The molecule has 126 valence electrons. The van der Waals surface area contributed by atoms with Crippen LogP contribution < -0.4 is 10.9 Å². The molecule has 0 aliphatic rings. The fourth-order valence-electron chi connectivity index (χ4n) is 2.33. The third-order valence-corrected chi connectivity index (χ3v) is 3.67. The predicted octanol–water partition coefficient (Wildman–Crippen LogP) is 3.79. The van der Waals surface area contributed by atoms with Crippen molar-refractivity contribution in [3.8, 4) is 11.4 Å². The van der Waals surface area contributed by atoms with Crippen LogP contribution in [0.4, 0.5) is 10.1 Å². The van der Waals surface area contributed by atoms with Gasteiger partial charge in [0.25, 0.3) is 11.5 Å². The van der Waals surface area contributed by atoms with Crippen LogP contribution in [0.15, 0.2) is 53.3 Å². The van der Waals surface area contributed by atoms with Crippen LogP contribution in [0.3, 0.4) is 0 Å². The fourth-order valence-corrected chi connectivity index (χ4v) is 2.49. The summed E-state index contributed by atoms with van der Waals surface area (Å²) in [5.74, 6) is -0.915. The Labute approximate surface area is 147 Å². The highest BCUT2D eigenvalue weighted by Crippen LogP contribution is 2.20. The van der Waals surface area contributed by atoms with E-state index in [1.807, 2.05) is 0 Å². The minimum atomic E-state index is -0.703. The fraction of sp³-hybridized carbons (Fsp3) is 0.0556. The van der Waals surface area contributed by atoms with Crippen molar-refractivity contribution >= 4 is 23.2 Å². The topological polar surface area (TPSA) is 74.8 Å². The molecule has 0 aliphatic heterocycles. The first-order valence-corrected chi connectivity index (χ1v) is 7.75. The van der Waals surface area contributed by atoms with Gasteiger partial charge in [0.05, 0.1) is 5.56 Å². The zero-order valence-corrected chi connectivity index (χ0v) is 13.9. The third-order valence-electron chi connectivity index (χ3n) is 3.44. The van der Waals surface area contributed by atoms with Gasteiger partial charge in [-0.1, -0.05) is 23.7 Å². The number of carbonyl (C=O) groups is 1. The Balaban J connectivity index is 1.89. The van der Waals surface area contributed by atoms with Gasteiger partial charge < -0.3 is 10.3 Å². The highest BCUT2D eigenvalue weighted by atomic mass is 35.5. The van der Waals surface area contributed by atoms with E-state index in [4.69, 9.17) is 11.6 Å². The number of hydrogen-bond donors (Lipinski definition) is 2. The lowest BCUT2D eigenvalue weighted by molar-refractivity contribution is 0.102. The van der Waals surface area contributed by atoms with Gasteiger partial charge in [0.2, 0.25) is 0 Å². The van der Waals surface area contributed by atoms with Crippen molar-refractivity contribution in [3.63, 3.8) is 0 Å². The summed E-state index contributed by atoms with van der Waals surface area (Å²) in [6, 6.07) is 12.0. The van der Waals surface area contributed by atoms with E-state index in [1.54, 1.807) is 31.2 Å². The molecule has 0 spiro atoms. The van der Waals surface area contributed by atoms with Crippen LogP contribution in [0.25, 0.3) is 11.4 Å². The van der Waals surface area contributed by atoms with Crippen LogP contribution in [-0.2, 0) is 0 Å². The molecule has 7 heteroatoms. The maximum atomic E-state index is 13.8. The summed E-state index contributed by atoms with van der Waals surface area (Å²) >= 11 is 5.69. The summed E-state index contributed by atoms with van der Waals surface area (Å²) in [4.78, 5) is 30.7. The van der Waals surface area contributed by atoms with E-state index in [9.17, 15) is 14.0 Å². The van der Waals surface area contributed by atoms with Crippen molar-refractivity contribution in [1.29, 1.82) is 0 Å². The summed E-state index contributed by atoms with van der Waals surface area (Å²) in [7, 11) is 0. The molecule has 1 heterocycles. The van der Waals surface area contributed by atoms with Gasteiger partial charge in [-0.05, 0) is 37.3 Å². The van der Waals surface area contributed by atoms with Crippen molar-refractivity contribution < 1.29 is 9.18 Å². The Morgan fingerprint density at radius 1 is 1.20 bits per heavy atom. The predicted molar refractivity (Wildman–Crippen MR) is 94.4 cm³/mol. The molecule has 1 amide bonds. The Bertz CT molecular complexity index is 1020. The highest BCUT2D eigenvalue weighted by Gasteiger charge is 2.13. The zero-order valence-electron chi connectivity index (χ0n) is 13.1. The monoisotopic (exact) mass is 357 g/mol. The normalized spacial score (nSPS) is 10.5. The summed E-state index contributed by atoms with van der Waals surface area (Å²) in [6.45, 7) is 1.72. The number of carbonyl (C=O) groups excluding carboxylic acids is 1. The molecule has 0 fully saturated rings. The Morgan fingerprint density at radius 2 is 2.00 bits per heavy atom. The number of aromatic amines is 1. The van der Waals surface area contributed by atoms with Gasteiger partial charge in [0.1, 0.15) is 11.6 Å². The van der Waals surface area contributed by atoms with Crippen LogP contribution in [0.1, 0.15) is 16.1 Å². The summed E-state index contributed by atoms with van der Waals surface area (Å²) in [6.07, 6.45) is 0. The first-order chi connectivity index (χ1) is 11.9. The maximum absolute atomic E-state index is 13.8. The number of hydrogen-bond acceptors (Lipinski definition) is 3. The molecule has 2 aromatic carbocycles. The molecule has 25 heavy (non-hydrogen) atoms. The van der Waals surface area contributed by atoms with Crippen LogP contribution in [-0.4, -0.2) is 15.9 Å². The van der Waals surface area contributed by atoms with Gasteiger partial charge in [-0.25, -0.2) is 9.37 Å². The van der Waals surface area contributed by atoms with Gasteiger partial charge >= 0.3 is 0 Å². The van der Waals surface area contributed by atoms with E-state index < -0.39 is 11.7 Å². The number of aryl methyl sites for hydroxylation is 1. The molecule has 1 aromatic heterocycles. The van der Waals surface area contributed by atoms with Crippen molar-refractivity contribution in [2.75, 3.05) is 5.32 Å². The van der Waals surface area contributed by atoms with Gasteiger partial charge in [0.15, 0.2) is 0 Å². The number of aromatic nitrogens is 2. The second-order valence-electron chi connectivity index (χ2n) is 5.39. The van der Waals surface area contributed by atoms with E-state index in [0.717, 1.165) is 6.07 Å². The SMILES string of the molecule is Cc1cc(=O)[nH]c(-c2cccc(NC(=O)c3ccc(Cl)cc3F)c2)n1. The molecule has 0 bridgehead atoms. The first-order valence-electron chi connectivity index (χ1n) is 7.37. The van der Waals surface area contributed by atoms with Crippen LogP contribution in [0, 0.1) is 12.7 Å². The van der Waals surface area contributed by atoms with Crippen molar-refractivity contribution in [2.24, 2.45) is 0 Å². The average Bonchev–Trinajstić information content (AvgIpc) is 2.54. The van der Waals surface area contributed by atoms with Gasteiger partial charge in [-0.3, -0.25) is 9.59 Å². The van der Waals surface area contributed by atoms with Crippen LogP contribution in [0.2, 0.25) is 5.02 Å². The Morgan fingerprint density at radius 3 is 2.72 bits per heavy atom. The molecule has 0 saturated carbocycles. The van der Waals surface area contributed by atoms with E-state index >= 15 is 0 Å². The van der Waals surface area contributed by atoms with E-state index in [2.05, 4.69) is 15.3 Å². The Kier molecular flexibility index (Phi) is 4.63. The zero-order chi connectivity index (χ0) is 18.0. The maximum Gasteiger partial charge on any atom is 0.258 e. The van der Waals surface area contributed by atoms with Gasteiger partial charge in [0, 0.05) is 28.0 Å². The number of rotatable bonds is 3. The van der Waals surface area contributed by atoms with E-state index in [0.29, 0.717) is 22.8 Å². The molecular formula is C18H13ClFN3O2. The lowest BCUT2D eigenvalue weighted by atomic mass is 10.1. The molecule has 0 radical (unpaired) electrons. The number of anilines is 1. The Hall–Kier alpha value is -2.99. The molecule has 0 aliphatic carbocycles. The van der Waals surface area contributed by atoms with Crippen molar-refractivity contribution in [3.05, 3.63) is 81.0 Å². The van der Waals surface area contributed by atoms with Crippen LogP contribution in [0.5, 0.6) is 0 Å². The summed E-state index contributed by atoms with van der Waals surface area (Å²) < 4.78 is 13.8. The molecule has 0 atom stereocenters. The van der Waals surface area contributed by atoms with Gasteiger partial charge in [-0.2, -0.15) is 0 Å². The van der Waals surface area contributed by atoms with Gasteiger partial charge in [-0.15, -0.1) is 0 Å². The van der Waals surface area contributed by atoms with E-state index in [1.165, 1.54) is 18.2 Å². The number of benzene rings is 2. The number of nitrogens with one attached hydrogen (secondary N) is 2. The average molecular weight is 358 g/mol. The van der Waals surface area contributed by atoms with E-state index in [-0.39, 0.29) is 16.1 Å². The second kappa shape index (κ2) is 6.86. The minimum Gasteiger partial charge on any atom is -0.322 e.